The van der Waals surface area contributed by atoms with Gasteiger partial charge in [-0.3, -0.25) is 33.6 Å². The number of hydrogen-bond donors (Lipinski definition) is 7. The predicted octanol–water partition coefficient (Wildman–Crippen LogP) is 8.34. The molecule has 0 aromatic heterocycles. The Morgan fingerprint density at radius 3 is 2.31 bits per heavy atom. The highest BCUT2D eigenvalue weighted by Gasteiger charge is 2.42. The van der Waals surface area contributed by atoms with Crippen LogP contribution in [0.15, 0.2) is 66.4 Å². The molecule has 0 spiro atoms. The van der Waals surface area contributed by atoms with Gasteiger partial charge in [0.15, 0.2) is 5.75 Å². The maximum absolute atomic E-state index is 12.9. The van der Waals surface area contributed by atoms with E-state index in [1.165, 1.54) is 44.7 Å². The van der Waals surface area contributed by atoms with Crippen LogP contribution in [0, 0.1) is 18.4 Å². The van der Waals surface area contributed by atoms with Crippen molar-refractivity contribution < 1.29 is 67.2 Å². The molecule has 4 aliphatic heterocycles. The van der Waals surface area contributed by atoms with E-state index in [9.17, 15) is 43.2 Å². The number of carbonyl (C=O) groups is 9. The number of urea groups is 1. The molecule has 3 saturated heterocycles. The number of ether oxygens (including phenoxy) is 4. The summed E-state index contributed by atoms with van der Waals surface area (Å²) in [4.78, 5) is 106. The lowest BCUT2D eigenvalue weighted by Crippen LogP contribution is -2.47. The number of aryl methyl sites for hydroxylation is 1. The molecule has 2 aromatic rings. The van der Waals surface area contributed by atoms with Gasteiger partial charge in [0.1, 0.15) is 29.5 Å². The van der Waals surface area contributed by atoms with Crippen LogP contribution >= 0.6 is 11.6 Å². The number of amides is 9. The van der Waals surface area contributed by atoms with Crippen molar-refractivity contribution in [2.75, 3.05) is 57.6 Å². The van der Waals surface area contributed by atoms with E-state index in [4.69, 9.17) is 46.7 Å². The summed E-state index contributed by atoms with van der Waals surface area (Å²) in [6, 6.07) is 7.34. The molecule has 6 rings (SSSR count). The summed E-state index contributed by atoms with van der Waals surface area (Å²) >= 11 is 6.48. The smallest absolute Gasteiger partial charge is 0.407 e. The monoisotopic (exact) mass is 1240 g/mol. The molecule has 4 bridgehead atoms. The first-order chi connectivity index (χ1) is 41.5. The molecule has 0 saturated carbocycles. The number of allylic oxidation sites excluding steroid dienone is 4. The summed E-state index contributed by atoms with van der Waals surface area (Å²) in [7, 11) is 4.56. The largest absolute Gasteiger partial charge is 0.495 e. The fourth-order valence-electron chi connectivity index (χ4n) is 8.72. The van der Waals surface area contributed by atoms with E-state index in [2.05, 4.69) is 53.9 Å². The number of rotatable bonds is 20. The predicted molar refractivity (Wildman–Crippen MR) is 334 cm³/mol. The molecule has 5 unspecified atom stereocenters. The number of nitriles is 1. The number of carboxylic acids is 1. The molecule has 9 amide bonds. The molecule has 25 heteroatoms. The van der Waals surface area contributed by atoms with E-state index in [1.807, 2.05) is 63.0 Å². The number of carboxylic acid groups (broad SMARTS) is 1. The Balaban J connectivity index is 0.000000630. The number of aliphatic carboxylic acids is 1. The summed E-state index contributed by atoms with van der Waals surface area (Å²) in [6.45, 7) is 18.9. The number of fused-ring (bicyclic) bond motifs is 5. The van der Waals surface area contributed by atoms with Crippen molar-refractivity contribution in [1.29, 1.82) is 5.26 Å². The number of nitrogens with zero attached hydrogens (tertiary/aromatic N) is 4. The van der Waals surface area contributed by atoms with Gasteiger partial charge < -0.3 is 71.1 Å². The van der Waals surface area contributed by atoms with Gasteiger partial charge in [-0.25, -0.2) is 9.59 Å². The minimum absolute atomic E-state index is 0.00947. The lowest BCUT2D eigenvalue weighted by Gasteiger charge is -2.29. The zero-order chi connectivity index (χ0) is 65.4. The first-order valence-electron chi connectivity index (χ1n) is 29.4. The molecule has 87 heavy (non-hydrogen) atoms. The lowest BCUT2D eigenvalue weighted by molar-refractivity contribution is -0.140. The van der Waals surface area contributed by atoms with Crippen LogP contribution in [-0.4, -0.2) is 147 Å². The zero-order valence-corrected chi connectivity index (χ0v) is 53.1. The third kappa shape index (κ3) is 31.2. The molecule has 4 aliphatic rings. The van der Waals surface area contributed by atoms with E-state index < -0.39 is 35.9 Å². The van der Waals surface area contributed by atoms with Gasteiger partial charge in [0.05, 0.1) is 37.2 Å². The number of nitrogens with one attached hydrogen (secondary N) is 5. The Labute approximate surface area is 517 Å². The number of nitrogens with two attached hydrogens (primary N) is 1. The van der Waals surface area contributed by atoms with Crippen LogP contribution in [0.25, 0.3) is 0 Å². The van der Waals surface area contributed by atoms with E-state index in [0.717, 1.165) is 53.1 Å². The van der Waals surface area contributed by atoms with Crippen molar-refractivity contribution in [3.8, 4) is 17.8 Å². The van der Waals surface area contributed by atoms with Gasteiger partial charge in [-0.05, 0) is 94.2 Å². The van der Waals surface area contributed by atoms with Crippen LogP contribution in [0.4, 0.5) is 21.0 Å². The second kappa shape index (κ2) is 43.4. The van der Waals surface area contributed by atoms with Crippen molar-refractivity contribution in [3.05, 3.63) is 82.6 Å². The van der Waals surface area contributed by atoms with Crippen molar-refractivity contribution in [2.45, 2.75) is 175 Å². The van der Waals surface area contributed by atoms with Gasteiger partial charge in [0, 0.05) is 64.6 Å². The van der Waals surface area contributed by atoms with Crippen LogP contribution in [0.2, 0.25) is 5.02 Å². The van der Waals surface area contributed by atoms with Gasteiger partial charge in [0.2, 0.25) is 36.4 Å². The summed E-state index contributed by atoms with van der Waals surface area (Å²) < 4.78 is 21.5. The number of likely N-dealkylation sites (tertiary alicyclic amines) is 1. The number of halogens is 1. The fraction of sp³-hybridized carbons (Fsp3) is 0.548. The maximum Gasteiger partial charge on any atom is 0.407 e. The Kier molecular flexibility index (Phi) is 38.4. The fourth-order valence-corrected chi connectivity index (χ4v) is 9.00. The number of epoxide rings is 1. The zero-order valence-electron chi connectivity index (χ0n) is 52.3. The topological polar surface area (TPSA) is 334 Å². The van der Waals surface area contributed by atoms with E-state index in [1.54, 1.807) is 31.5 Å². The van der Waals surface area contributed by atoms with Crippen molar-refractivity contribution in [1.82, 2.24) is 31.1 Å². The number of benzene rings is 2. The highest BCUT2D eigenvalue weighted by atomic mass is 35.5. The average molecular weight is 1240 g/mol. The summed E-state index contributed by atoms with van der Waals surface area (Å²) in [5.41, 5.74) is 9.88. The lowest BCUT2D eigenvalue weighted by atomic mass is 9.99. The molecule has 8 N–H and O–H groups in total. The van der Waals surface area contributed by atoms with Crippen molar-refractivity contribution in [2.24, 2.45) is 5.73 Å². The van der Waals surface area contributed by atoms with Gasteiger partial charge >= 0.3 is 18.1 Å². The molecule has 5 atom stereocenters. The second-order valence-corrected chi connectivity index (χ2v) is 20.9. The third-order valence-electron chi connectivity index (χ3n) is 13.1. The normalized spacial score (nSPS) is 18.8. The number of unbranched alkanes of at least 4 members (excludes halogenated alkanes) is 3. The second-order valence-electron chi connectivity index (χ2n) is 20.6. The minimum atomic E-state index is -1.00. The van der Waals surface area contributed by atoms with Crippen molar-refractivity contribution >= 4 is 77.5 Å². The van der Waals surface area contributed by atoms with Crippen molar-refractivity contribution in [3.63, 3.8) is 0 Å². The van der Waals surface area contributed by atoms with E-state index in [-0.39, 0.29) is 79.4 Å². The minimum Gasteiger partial charge on any atom is -0.495 e. The number of carbonyl (C=O) groups excluding carboxylic acids is 8. The highest BCUT2D eigenvalue weighted by molar-refractivity contribution is 6.35. The van der Waals surface area contributed by atoms with Gasteiger partial charge in [-0.2, -0.15) is 0 Å². The number of likely N-dealkylation sites (N-methyl/N-ethyl adjacent to an activating group) is 1. The first-order valence-corrected chi connectivity index (χ1v) is 29.8. The molecule has 4 heterocycles. The number of alkyl carbamates (subject to hydrolysis) is 1. The molecule has 0 radical (unpaired) electrons. The SMILES string of the molecule is C/C1=C\C=C\CC2CC(CC3OC3CCC(=O)N(C)c3cc(cc(OC#N)c3Cl)C1)OC(=O)N2.C=C1CCC(=O)N1CCCCCC.CC.CCC.CN(C=O)CC(=O)O.COc1cc(C)ccc1NC(=O)C(CCCNC(N)=O)NC(=O)CNC=O. The Bertz CT molecular complexity index is 2650. The van der Waals surface area contributed by atoms with Crippen LogP contribution in [-0.2, 0) is 49.5 Å². The standard InChI is InChI=1S/C25H28ClN3O5.C17H25N5O5.C11H19NO.C4H7NO3.C3H8.C2H6/c1-15-5-3-4-6-17-12-18(33-25(31)28-17)13-21-20(34-21)7-8-23(30)29(2)19-10-16(9-15)11-22(24(19)26)32-14-27;1-11-5-6-12(14(8-11)27-2)22-16(25)13(4-3-7-20-17(18)26)21-15(24)9-19-10-23;1-3-4-5-6-9-12-10(2)7-8-11(12)13;1-5(3-6)2-4(7)8;1-3-2;1-2/h3-5,10-11,17-18,20-21H,6-9,12-13H2,1-2H3,(H,28,31);5-6,8,10,13H,3-4,7,9H2,1-2H3,(H,19,23)(H,21,24)(H,22,25)(H3,18,20,26);2-9H2,1H3;3H,2H2,1H3,(H,7,8);3H2,1-2H3;1-2H3/b4-3+,15-5+;;;;;. The summed E-state index contributed by atoms with van der Waals surface area (Å²) in [5, 5.41) is 30.1. The van der Waals surface area contributed by atoms with Crippen LogP contribution in [0.5, 0.6) is 11.5 Å². The number of anilines is 2. The van der Waals surface area contributed by atoms with Crippen LogP contribution < -0.4 is 46.7 Å². The molecule has 482 valence electrons. The molecule has 3 fully saturated rings. The Hall–Kier alpha value is -8.17. The molecule has 24 nitrogen and oxygen atoms in total. The maximum atomic E-state index is 12.9. The number of methoxy groups -OCH3 is 1. The van der Waals surface area contributed by atoms with Crippen LogP contribution in [0.3, 0.4) is 0 Å². The Morgan fingerprint density at radius 1 is 1.00 bits per heavy atom. The number of hydrogen-bond acceptors (Lipinski definition) is 14. The van der Waals surface area contributed by atoms with E-state index >= 15 is 0 Å². The average Bonchev–Trinajstić information content (AvgIpc) is 4.17. The Morgan fingerprint density at radius 2 is 1.71 bits per heavy atom. The van der Waals surface area contributed by atoms with E-state index in [0.29, 0.717) is 68.5 Å². The quantitative estimate of drug-likeness (QED) is 0.0283. The highest BCUT2D eigenvalue weighted by Crippen LogP contribution is 2.38. The molecule has 2 aromatic carbocycles. The first kappa shape index (κ1) is 76.8. The summed E-state index contributed by atoms with van der Waals surface area (Å²) in [6.07, 6.45) is 19.7. The van der Waals surface area contributed by atoms with Gasteiger partial charge in [0.25, 0.3) is 6.26 Å². The summed E-state index contributed by atoms with van der Waals surface area (Å²) in [5.74, 6) is -1.10. The van der Waals surface area contributed by atoms with Gasteiger partial charge in [-0.1, -0.05) is 108 Å². The molecule has 0 aliphatic carbocycles. The molecular weight excluding hydrogens is 1140 g/mol. The third-order valence-corrected chi connectivity index (χ3v) is 13.4. The number of primary amides is 1. The molecular formula is C62H93ClN10O14. The van der Waals surface area contributed by atoms with Gasteiger partial charge in [-0.15, -0.1) is 5.26 Å². The van der Waals surface area contributed by atoms with Crippen LogP contribution in [0.1, 0.15) is 143 Å².